The average molecular weight is 181 g/mol. The first-order chi connectivity index (χ1) is 6.20. The monoisotopic (exact) mass is 181 g/mol. The number of methoxy groups -OCH3 is 1. The molecule has 0 saturated heterocycles. The lowest BCUT2D eigenvalue weighted by molar-refractivity contribution is 0.0591. The van der Waals surface area contributed by atoms with Crippen LogP contribution in [0, 0.1) is 0 Å². The van der Waals surface area contributed by atoms with Gasteiger partial charge in [0.1, 0.15) is 5.69 Å². The van der Waals surface area contributed by atoms with Gasteiger partial charge in [-0.15, -0.1) is 0 Å². The zero-order valence-corrected chi connectivity index (χ0v) is 7.59. The summed E-state index contributed by atoms with van der Waals surface area (Å²) in [7, 11) is 1.28. The minimum Gasteiger partial charge on any atom is -0.464 e. The summed E-state index contributed by atoms with van der Waals surface area (Å²) in [5.41, 5.74) is 0.628. The lowest BCUT2D eigenvalue weighted by Crippen LogP contribution is -2.08. The van der Waals surface area contributed by atoms with Gasteiger partial charge in [-0.25, -0.2) is 4.79 Å². The molecule has 1 rings (SSSR count). The molecule has 4 nitrogen and oxygen atoms in total. The average Bonchev–Trinajstić information content (AvgIpc) is 2.63. The minimum atomic E-state index is -0.512. The maximum Gasteiger partial charge on any atom is 0.355 e. The van der Waals surface area contributed by atoms with Crippen LogP contribution in [-0.2, 0) is 4.74 Å². The van der Waals surface area contributed by atoms with E-state index in [0.717, 1.165) is 0 Å². The number of Topliss-reactive ketones (excluding diaryl/α,β-unsaturated/α-hetero) is 1. The van der Waals surface area contributed by atoms with E-state index in [0.29, 0.717) is 12.0 Å². The number of carbonyl (C=O) groups excluding carboxylic acids is 2. The Labute approximate surface area is 75.9 Å². The summed E-state index contributed by atoms with van der Waals surface area (Å²) in [6.07, 6.45) is 1.93. The van der Waals surface area contributed by atoms with Crippen LogP contribution in [0.5, 0.6) is 0 Å². The van der Waals surface area contributed by atoms with Gasteiger partial charge in [0.15, 0.2) is 5.78 Å². The molecule has 0 aliphatic heterocycles. The van der Waals surface area contributed by atoms with E-state index in [1.165, 1.54) is 7.11 Å². The van der Waals surface area contributed by atoms with Gasteiger partial charge in [-0.1, -0.05) is 6.92 Å². The lowest BCUT2D eigenvalue weighted by Gasteiger charge is -1.98. The molecule has 0 unspecified atom stereocenters. The summed E-state index contributed by atoms with van der Waals surface area (Å²) >= 11 is 0. The molecule has 0 bridgehead atoms. The Balaban J connectivity index is 3.02. The molecule has 0 amide bonds. The number of carbonyl (C=O) groups is 2. The number of H-pyrrole nitrogens is 1. The summed E-state index contributed by atoms with van der Waals surface area (Å²) in [5.74, 6) is -0.580. The highest BCUT2D eigenvalue weighted by atomic mass is 16.5. The van der Waals surface area contributed by atoms with E-state index in [4.69, 9.17) is 0 Å². The Morgan fingerprint density at radius 3 is 2.77 bits per heavy atom. The minimum absolute atomic E-state index is 0.0679. The van der Waals surface area contributed by atoms with Crippen LogP contribution >= 0.6 is 0 Å². The van der Waals surface area contributed by atoms with Gasteiger partial charge < -0.3 is 9.72 Å². The van der Waals surface area contributed by atoms with Crippen molar-refractivity contribution in [3.05, 3.63) is 23.5 Å². The van der Waals surface area contributed by atoms with Crippen LogP contribution in [-0.4, -0.2) is 23.8 Å². The highest BCUT2D eigenvalue weighted by molar-refractivity contribution is 6.05. The second kappa shape index (κ2) is 3.89. The standard InChI is InChI=1S/C9H11NO3/c1-3-7(11)6-4-5-10-8(6)9(12)13-2/h4-5,10H,3H2,1-2H3. The van der Waals surface area contributed by atoms with Gasteiger partial charge in [-0.3, -0.25) is 4.79 Å². The van der Waals surface area contributed by atoms with Crippen molar-refractivity contribution in [3.63, 3.8) is 0 Å². The number of hydrogen-bond donors (Lipinski definition) is 1. The Morgan fingerprint density at radius 1 is 1.54 bits per heavy atom. The van der Waals surface area contributed by atoms with Gasteiger partial charge in [0.2, 0.25) is 0 Å². The lowest BCUT2D eigenvalue weighted by atomic mass is 10.1. The number of esters is 1. The van der Waals surface area contributed by atoms with E-state index in [1.54, 1.807) is 19.2 Å². The molecule has 0 atom stereocenters. The molecule has 1 heterocycles. The van der Waals surface area contributed by atoms with E-state index < -0.39 is 5.97 Å². The van der Waals surface area contributed by atoms with Crippen LogP contribution in [0.15, 0.2) is 12.3 Å². The van der Waals surface area contributed by atoms with Crippen LogP contribution in [0.25, 0.3) is 0 Å². The van der Waals surface area contributed by atoms with E-state index >= 15 is 0 Å². The van der Waals surface area contributed by atoms with Gasteiger partial charge in [-0.05, 0) is 6.07 Å². The second-order valence-corrected chi connectivity index (χ2v) is 2.53. The van der Waals surface area contributed by atoms with Crippen LogP contribution < -0.4 is 0 Å². The Kier molecular flexibility index (Phi) is 2.84. The number of aromatic amines is 1. The predicted molar refractivity (Wildman–Crippen MR) is 46.8 cm³/mol. The van der Waals surface area contributed by atoms with E-state index in [9.17, 15) is 9.59 Å². The molecule has 0 fully saturated rings. The van der Waals surface area contributed by atoms with Gasteiger partial charge in [0, 0.05) is 18.2 Å². The first-order valence-electron chi connectivity index (χ1n) is 3.99. The fourth-order valence-electron chi connectivity index (χ4n) is 1.06. The largest absolute Gasteiger partial charge is 0.464 e. The molecule has 4 heteroatoms. The van der Waals surface area contributed by atoms with Gasteiger partial charge in [-0.2, -0.15) is 0 Å². The first-order valence-corrected chi connectivity index (χ1v) is 3.99. The van der Waals surface area contributed by atoms with Crippen molar-refractivity contribution in [3.8, 4) is 0 Å². The number of nitrogens with one attached hydrogen (secondary N) is 1. The highest BCUT2D eigenvalue weighted by Gasteiger charge is 2.16. The number of ketones is 1. The predicted octanol–water partition coefficient (Wildman–Crippen LogP) is 1.39. The first kappa shape index (κ1) is 9.51. The van der Waals surface area contributed by atoms with Gasteiger partial charge in [0.25, 0.3) is 0 Å². The van der Waals surface area contributed by atoms with Crippen LogP contribution in [0.4, 0.5) is 0 Å². The van der Waals surface area contributed by atoms with Crippen molar-refractivity contribution >= 4 is 11.8 Å². The smallest absolute Gasteiger partial charge is 0.355 e. The van der Waals surface area contributed by atoms with E-state index in [1.807, 2.05) is 0 Å². The number of ether oxygens (including phenoxy) is 1. The molecule has 0 radical (unpaired) electrons. The molecule has 0 spiro atoms. The molecule has 70 valence electrons. The summed E-state index contributed by atoms with van der Waals surface area (Å²) in [4.78, 5) is 25.1. The van der Waals surface area contributed by atoms with Crippen molar-refractivity contribution in [2.24, 2.45) is 0 Å². The Bertz CT molecular complexity index is 297. The molecular weight excluding hydrogens is 170 g/mol. The molecular formula is C9H11NO3. The van der Waals surface area contributed by atoms with Crippen molar-refractivity contribution in [2.75, 3.05) is 7.11 Å². The second-order valence-electron chi connectivity index (χ2n) is 2.53. The number of hydrogen-bond acceptors (Lipinski definition) is 3. The maximum absolute atomic E-state index is 11.3. The normalized spacial score (nSPS) is 9.69. The summed E-state index contributed by atoms with van der Waals surface area (Å²) < 4.78 is 4.51. The van der Waals surface area contributed by atoms with E-state index in [2.05, 4.69) is 9.72 Å². The van der Waals surface area contributed by atoms with Gasteiger partial charge in [0.05, 0.1) is 7.11 Å². The Morgan fingerprint density at radius 2 is 2.23 bits per heavy atom. The van der Waals surface area contributed by atoms with Crippen molar-refractivity contribution < 1.29 is 14.3 Å². The van der Waals surface area contributed by atoms with Crippen molar-refractivity contribution in [1.82, 2.24) is 4.98 Å². The summed E-state index contributed by atoms with van der Waals surface area (Å²) in [6.45, 7) is 1.75. The zero-order valence-electron chi connectivity index (χ0n) is 7.59. The third-order valence-electron chi connectivity index (χ3n) is 1.76. The molecule has 0 aliphatic carbocycles. The molecule has 1 N–H and O–H groups in total. The zero-order chi connectivity index (χ0) is 9.84. The molecule has 13 heavy (non-hydrogen) atoms. The third kappa shape index (κ3) is 1.77. The molecule has 0 saturated carbocycles. The molecule has 0 aliphatic rings. The Hall–Kier alpha value is -1.58. The SMILES string of the molecule is CCC(=O)c1cc[nH]c1C(=O)OC. The third-order valence-corrected chi connectivity index (χ3v) is 1.76. The van der Waals surface area contributed by atoms with Crippen molar-refractivity contribution in [2.45, 2.75) is 13.3 Å². The fraction of sp³-hybridized carbons (Fsp3) is 0.333. The van der Waals surface area contributed by atoms with Gasteiger partial charge >= 0.3 is 5.97 Å². The topological polar surface area (TPSA) is 59.2 Å². The molecule has 0 aromatic carbocycles. The van der Waals surface area contributed by atoms with Crippen LogP contribution in [0.1, 0.15) is 34.2 Å². The number of rotatable bonds is 3. The summed E-state index contributed by atoms with van der Waals surface area (Å²) in [5, 5.41) is 0. The van der Waals surface area contributed by atoms with Crippen molar-refractivity contribution in [1.29, 1.82) is 0 Å². The van der Waals surface area contributed by atoms with E-state index in [-0.39, 0.29) is 11.5 Å². The van der Waals surface area contributed by atoms with Crippen LogP contribution in [0.3, 0.4) is 0 Å². The molecule has 1 aromatic rings. The molecule has 1 aromatic heterocycles. The summed E-state index contributed by atoms with van der Waals surface area (Å²) in [6, 6.07) is 1.58. The quantitative estimate of drug-likeness (QED) is 0.566. The number of aromatic nitrogens is 1. The van der Waals surface area contributed by atoms with Crippen LogP contribution in [0.2, 0.25) is 0 Å². The highest BCUT2D eigenvalue weighted by Crippen LogP contribution is 2.10. The maximum atomic E-state index is 11.3. The fourth-order valence-corrected chi connectivity index (χ4v) is 1.06.